The van der Waals surface area contributed by atoms with E-state index in [0.29, 0.717) is 36.7 Å². The Morgan fingerprint density at radius 3 is 2.65 bits per heavy atom. The number of carbonyl (C=O) groups is 1. The van der Waals surface area contributed by atoms with E-state index in [1.54, 1.807) is 6.07 Å². The number of hydrogen-bond acceptors (Lipinski definition) is 5. The number of aromatic amines is 1. The molecule has 7 nitrogen and oxygen atoms in total. The molecule has 0 bridgehead atoms. The highest BCUT2D eigenvalue weighted by Gasteiger charge is 2.42. The first-order valence-electron chi connectivity index (χ1n) is 13.4. The third-order valence-electron chi connectivity index (χ3n) is 6.74. The Kier molecular flexibility index (Phi) is 8.54. The Morgan fingerprint density at radius 1 is 1.11 bits per heavy atom. The molecule has 0 radical (unpaired) electrons. The molecule has 0 aliphatic carbocycles. The molecule has 1 aromatic heterocycles. The maximum absolute atomic E-state index is 13.6. The summed E-state index contributed by atoms with van der Waals surface area (Å²) in [4.78, 5) is 15.5. The molecule has 2 heterocycles. The Labute approximate surface area is 219 Å². The fraction of sp³-hybridized carbons (Fsp3) is 0.467. The number of benzene rings is 2. The van der Waals surface area contributed by atoms with Gasteiger partial charge in [0.15, 0.2) is 0 Å². The van der Waals surface area contributed by atoms with Crippen molar-refractivity contribution < 1.29 is 19.4 Å². The van der Waals surface area contributed by atoms with Gasteiger partial charge < -0.3 is 19.5 Å². The monoisotopic (exact) mass is 505 g/mol. The summed E-state index contributed by atoms with van der Waals surface area (Å²) in [6.07, 6.45) is 4.13. The van der Waals surface area contributed by atoms with Crippen LogP contribution in [0, 0.1) is 13.8 Å². The average molecular weight is 506 g/mol. The number of phenolic OH excluding ortho intramolecular Hbond substituents is 1. The van der Waals surface area contributed by atoms with Gasteiger partial charge in [0.25, 0.3) is 5.91 Å². The molecule has 0 spiro atoms. The molecule has 1 aliphatic heterocycles. The zero-order valence-electron chi connectivity index (χ0n) is 22.6. The number of nitrogens with zero attached hydrogens (tertiary/aromatic N) is 2. The fourth-order valence-electron chi connectivity index (χ4n) is 5.09. The van der Waals surface area contributed by atoms with Gasteiger partial charge in [-0.25, -0.2) is 0 Å². The van der Waals surface area contributed by atoms with E-state index in [0.717, 1.165) is 53.7 Å². The van der Waals surface area contributed by atoms with Gasteiger partial charge in [-0.3, -0.25) is 9.89 Å². The normalized spacial score (nSPS) is 15.0. The second kappa shape index (κ2) is 11.8. The van der Waals surface area contributed by atoms with Crippen molar-refractivity contribution in [3.63, 3.8) is 0 Å². The number of amides is 1. The predicted octanol–water partition coefficient (Wildman–Crippen LogP) is 6.33. The van der Waals surface area contributed by atoms with Crippen LogP contribution in [0.3, 0.4) is 0 Å². The lowest BCUT2D eigenvalue weighted by Gasteiger charge is -2.27. The van der Waals surface area contributed by atoms with Crippen molar-refractivity contribution in [2.24, 2.45) is 0 Å². The van der Waals surface area contributed by atoms with Crippen molar-refractivity contribution in [3.8, 4) is 22.8 Å². The van der Waals surface area contributed by atoms with Crippen molar-refractivity contribution in [2.45, 2.75) is 72.4 Å². The number of aromatic nitrogens is 2. The second-order valence-electron chi connectivity index (χ2n) is 10.1. The number of aryl methyl sites for hydroxylation is 2. The largest absolute Gasteiger partial charge is 0.507 e. The van der Waals surface area contributed by atoms with Crippen LogP contribution in [0.5, 0.6) is 11.5 Å². The van der Waals surface area contributed by atoms with E-state index in [2.05, 4.69) is 17.1 Å². The Bertz CT molecular complexity index is 1210. The molecule has 2 aromatic carbocycles. The van der Waals surface area contributed by atoms with Gasteiger partial charge in [0.2, 0.25) is 0 Å². The van der Waals surface area contributed by atoms with Crippen LogP contribution in [-0.2, 0) is 4.74 Å². The minimum Gasteiger partial charge on any atom is -0.507 e. The summed E-state index contributed by atoms with van der Waals surface area (Å²) in [6, 6.07) is 11.4. The Morgan fingerprint density at radius 2 is 1.92 bits per heavy atom. The Balaban J connectivity index is 1.73. The molecular formula is C30H39N3O4. The van der Waals surface area contributed by atoms with Crippen molar-refractivity contribution in [1.29, 1.82) is 0 Å². The zero-order valence-corrected chi connectivity index (χ0v) is 22.6. The first-order valence-corrected chi connectivity index (χ1v) is 13.4. The van der Waals surface area contributed by atoms with Crippen LogP contribution in [0.1, 0.15) is 85.2 Å². The van der Waals surface area contributed by atoms with Gasteiger partial charge in [-0.2, -0.15) is 5.10 Å². The Hall–Kier alpha value is -3.32. The summed E-state index contributed by atoms with van der Waals surface area (Å²) in [5, 5.41) is 18.4. The van der Waals surface area contributed by atoms with Crippen LogP contribution in [-0.4, -0.2) is 52.0 Å². The van der Waals surface area contributed by atoms with E-state index in [-0.39, 0.29) is 23.8 Å². The number of carbonyl (C=O) groups excluding carboxylic acids is 1. The summed E-state index contributed by atoms with van der Waals surface area (Å²) in [7, 11) is 0. The lowest BCUT2D eigenvalue weighted by Crippen LogP contribution is -2.31. The number of H-pyrrole nitrogens is 1. The van der Waals surface area contributed by atoms with E-state index in [9.17, 15) is 9.90 Å². The number of rotatable bonds is 12. The minimum atomic E-state index is -0.352. The maximum Gasteiger partial charge on any atom is 0.273 e. The van der Waals surface area contributed by atoms with Crippen LogP contribution < -0.4 is 4.74 Å². The molecule has 0 saturated heterocycles. The third kappa shape index (κ3) is 5.82. The standard InChI is InChI=1S/C30H39N3O4/c1-6-7-8-14-37-23-12-9-11-22(18-23)29-26-27(25-21(5)16-20(4)17-24(25)34)31-32-28(26)30(35)33(29)13-10-15-36-19(2)3/h9,11-12,16-19,29,34H,6-8,10,13-15H2,1-5H3,(H,31,32). The van der Waals surface area contributed by atoms with E-state index in [4.69, 9.17) is 9.47 Å². The smallest absolute Gasteiger partial charge is 0.273 e. The highest BCUT2D eigenvalue weighted by Crippen LogP contribution is 2.46. The van der Waals surface area contributed by atoms with E-state index in [1.807, 2.05) is 62.9 Å². The highest BCUT2D eigenvalue weighted by atomic mass is 16.5. The molecule has 1 unspecified atom stereocenters. The van der Waals surface area contributed by atoms with Gasteiger partial charge in [0, 0.05) is 24.3 Å². The highest BCUT2D eigenvalue weighted by molar-refractivity contribution is 6.00. The number of ether oxygens (including phenoxy) is 2. The van der Waals surface area contributed by atoms with E-state index >= 15 is 0 Å². The molecule has 7 heteroatoms. The minimum absolute atomic E-state index is 0.0955. The molecule has 1 amide bonds. The molecule has 37 heavy (non-hydrogen) atoms. The van der Waals surface area contributed by atoms with Gasteiger partial charge in [0.1, 0.15) is 22.9 Å². The molecular weight excluding hydrogens is 466 g/mol. The third-order valence-corrected chi connectivity index (χ3v) is 6.74. The van der Waals surface area contributed by atoms with Crippen molar-refractivity contribution in [2.75, 3.05) is 19.8 Å². The van der Waals surface area contributed by atoms with Crippen LogP contribution in [0.25, 0.3) is 11.3 Å². The van der Waals surface area contributed by atoms with Gasteiger partial charge in [-0.1, -0.05) is 38.0 Å². The molecule has 0 fully saturated rings. The molecule has 2 N–H and O–H groups in total. The first kappa shape index (κ1) is 26.7. The lowest BCUT2D eigenvalue weighted by molar-refractivity contribution is 0.0601. The number of fused-ring (bicyclic) bond motifs is 1. The lowest BCUT2D eigenvalue weighted by atomic mass is 9.93. The average Bonchev–Trinajstić information content (AvgIpc) is 3.38. The van der Waals surface area contributed by atoms with Gasteiger partial charge >= 0.3 is 0 Å². The number of aromatic hydroxyl groups is 1. The summed E-state index contributed by atoms with van der Waals surface area (Å²) in [5.41, 5.74) is 5.36. The molecule has 198 valence electrons. The van der Waals surface area contributed by atoms with E-state index in [1.165, 1.54) is 0 Å². The SMILES string of the molecule is CCCCCOc1cccc(C2c3c(-c4c(C)cc(C)cc4O)n[nH]c3C(=O)N2CCCOC(C)C)c1. The summed E-state index contributed by atoms with van der Waals surface area (Å²) in [5.74, 6) is 0.855. The molecule has 1 aliphatic rings. The van der Waals surface area contributed by atoms with E-state index < -0.39 is 0 Å². The fourth-order valence-corrected chi connectivity index (χ4v) is 5.09. The number of phenols is 1. The summed E-state index contributed by atoms with van der Waals surface area (Å²) >= 11 is 0. The number of nitrogens with one attached hydrogen (secondary N) is 1. The van der Waals surface area contributed by atoms with Gasteiger partial charge in [-0.05, 0) is 75.4 Å². The summed E-state index contributed by atoms with van der Waals surface area (Å²) in [6.45, 7) is 11.9. The topological polar surface area (TPSA) is 87.7 Å². The zero-order chi connectivity index (χ0) is 26.5. The summed E-state index contributed by atoms with van der Waals surface area (Å²) < 4.78 is 11.8. The number of hydrogen-bond donors (Lipinski definition) is 2. The molecule has 1 atom stereocenters. The van der Waals surface area contributed by atoms with Crippen LogP contribution in [0.2, 0.25) is 0 Å². The quantitative estimate of drug-likeness (QED) is 0.281. The van der Waals surface area contributed by atoms with Crippen molar-refractivity contribution in [3.05, 3.63) is 64.3 Å². The molecule has 0 saturated carbocycles. The maximum atomic E-state index is 13.6. The van der Waals surface area contributed by atoms with Crippen molar-refractivity contribution >= 4 is 5.91 Å². The van der Waals surface area contributed by atoms with Gasteiger partial charge in [-0.15, -0.1) is 0 Å². The molecule has 4 rings (SSSR count). The molecule has 3 aromatic rings. The predicted molar refractivity (Wildman–Crippen MR) is 145 cm³/mol. The second-order valence-corrected chi connectivity index (χ2v) is 10.1. The van der Waals surface area contributed by atoms with Crippen molar-refractivity contribution in [1.82, 2.24) is 15.1 Å². The first-order chi connectivity index (χ1) is 17.8. The van der Waals surface area contributed by atoms with Gasteiger partial charge in [0.05, 0.1) is 18.8 Å². The van der Waals surface area contributed by atoms with Crippen LogP contribution in [0.4, 0.5) is 0 Å². The van der Waals surface area contributed by atoms with Crippen LogP contribution >= 0.6 is 0 Å². The number of unbranched alkanes of at least 4 members (excludes halogenated alkanes) is 2. The van der Waals surface area contributed by atoms with Crippen LogP contribution in [0.15, 0.2) is 36.4 Å².